The van der Waals surface area contributed by atoms with Gasteiger partial charge in [0.25, 0.3) is 5.91 Å². The van der Waals surface area contributed by atoms with E-state index in [9.17, 15) is 9.59 Å². The molecular formula is C25H23N5O3S. The van der Waals surface area contributed by atoms with E-state index in [1.807, 2.05) is 20.8 Å². The van der Waals surface area contributed by atoms with Crippen LogP contribution in [0.15, 0.2) is 65.0 Å². The normalized spacial score (nSPS) is 12.1. The number of nitrogens with one attached hydrogen (secondary N) is 2. The Balaban J connectivity index is 1.82. The first-order chi connectivity index (χ1) is 16.3. The SMILES string of the molecule is C#Cc1nc(C(=O)N(c2ccc(-c3cnco3)cc2)C(C(=O)NC(C)(C)C)c2ccc[nH]2)cs1. The molecule has 0 aliphatic heterocycles. The molecule has 4 aromatic rings. The van der Waals surface area contributed by atoms with Gasteiger partial charge in [0.1, 0.15) is 5.69 Å². The minimum absolute atomic E-state index is 0.164. The van der Waals surface area contributed by atoms with Crippen molar-refractivity contribution < 1.29 is 14.0 Å². The molecule has 0 aliphatic rings. The Morgan fingerprint density at radius 1 is 1.24 bits per heavy atom. The van der Waals surface area contributed by atoms with E-state index in [2.05, 4.69) is 26.2 Å². The van der Waals surface area contributed by atoms with E-state index < -0.39 is 17.5 Å². The third-order valence-corrected chi connectivity index (χ3v) is 5.62. The standard InChI is InChI=1S/C25H23N5O3S/c1-5-21-28-19(14-34-21)24(32)30(17-10-8-16(9-11-17)20-13-26-15-33-20)22(18-7-6-12-27-18)23(31)29-25(2,3)4/h1,6-15,22,27H,2-4H3,(H,29,31). The fraction of sp³-hybridized carbons (Fsp3) is 0.200. The fourth-order valence-electron chi connectivity index (χ4n) is 3.44. The van der Waals surface area contributed by atoms with Crippen LogP contribution in [-0.2, 0) is 4.79 Å². The number of benzene rings is 1. The summed E-state index contributed by atoms with van der Waals surface area (Å²) in [6.07, 6.45) is 10.1. The summed E-state index contributed by atoms with van der Waals surface area (Å²) in [5.74, 6) is 2.25. The highest BCUT2D eigenvalue weighted by molar-refractivity contribution is 7.10. The second-order valence-corrected chi connectivity index (χ2v) is 9.40. The van der Waals surface area contributed by atoms with Gasteiger partial charge in [-0.3, -0.25) is 14.5 Å². The van der Waals surface area contributed by atoms with Crippen LogP contribution in [0.5, 0.6) is 0 Å². The zero-order valence-electron chi connectivity index (χ0n) is 18.9. The molecule has 0 saturated carbocycles. The summed E-state index contributed by atoms with van der Waals surface area (Å²) < 4.78 is 5.36. The monoisotopic (exact) mass is 473 g/mol. The Kier molecular flexibility index (Phi) is 6.34. The zero-order chi connectivity index (χ0) is 24.3. The molecule has 9 heteroatoms. The molecular weight excluding hydrogens is 450 g/mol. The molecule has 3 aromatic heterocycles. The summed E-state index contributed by atoms with van der Waals surface area (Å²) in [7, 11) is 0. The number of terminal acetylenes is 1. The lowest BCUT2D eigenvalue weighted by Crippen LogP contribution is -2.49. The van der Waals surface area contributed by atoms with Crippen LogP contribution >= 0.6 is 11.3 Å². The first kappa shape index (κ1) is 23.0. The lowest BCUT2D eigenvalue weighted by molar-refractivity contribution is -0.124. The number of aromatic amines is 1. The van der Waals surface area contributed by atoms with E-state index in [1.54, 1.807) is 54.2 Å². The smallest absolute Gasteiger partial charge is 0.278 e. The van der Waals surface area contributed by atoms with Gasteiger partial charge >= 0.3 is 0 Å². The number of carbonyl (C=O) groups excluding carboxylic acids is 2. The van der Waals surface area contributed by atoms with Crippen molar-refractivity contribution in [2.45, 2.75) is 32.4 Å². The summed E-state index contributed by atoms with van der Waals surface area (Å²) in [5.41, 5.74) is 1.50. The van der Waals surface area contributed by atoms with E-state index in [1.165, 1.54) is 22.6 Å². The van der Waals surface area contributed by atoms with E-state index in [0.29, 0.717) is 22.1 Å². The average Bonchev–Trinajstić information content (AvgIpc) is 3.58. The van der Waals surface area contributed by atoms with Gasteiger partial charge in [-0.1, -0.05) is 0 Å². The predicted molar refractivity (Wildman–Crippen MR) is 130 cm³/mol. The highest BCUT2D eigenvalue weighted by Crippen LogP contribution is 2.31. The lowest BCUT2D eigenvalue weighted by atomic mass is 10.0. The number of nitrogens with zero attached hydrogens (tertiary/aromatic N) is 3. The zero-order valence-corrected chi connectivity index (χ0v) is 19.7. The van der Waals surface area contributed by atoms with Crippen LogP contribution in [-0.4, -0.2) is 32.3 Å². The maximum Gasteiger partial charge on any atom is 0.278 e. The third-order valence-electron chi connectivity index (χ3n) is 4.85. The van der Waals surface area contributed by atoms with Crippen LogP contribution in [0.1, 0.15) is 48.0 Å². The van der Waals surface area contributed by atoms with Crippen LogP contribution in [0.25, 0.3) is 11.3 Å². The second kappa shape index (κ2) is 9.37. The largest absolute Gasteiger partial charge is 0.444 e. The van der Waals surface area contributed by atoms with E-state index in [4.69, 9.17) is 10.8 Å². The molecule has 0 saturated heterocycles. The van der Waals surface area contributed by atoms with Gasteiger partial charge in [-0.2, -0.15) is 0 Å². The average molecular weight is 474 g/mol. The van der Waals surface area contributed by atoms with Crippen molar-refractivity contribution in [3.8, 4) is 23.7 Å². The Labute approximate surface area is 201 Å². The Bertz CT molecular complexity index is 1310. The van der Waals surface area contributed by atoms with Gasteiger partial charge in [0.2, 0.25) is 5.91 Å². The van der Waals surface area contributed by atoms with E-state index in [-0.39, 0.29) is 11.6 Å². The fourth-order valence-corrected chi connectivity index (χ4v) is 4.04. The highest BCUT2D eigenvalue weighted by Gasteiger charge is 2.36. The molecule has 0 fully saturated rings. The summed E-state index contributed by atoms with van der Waals surface area (Å²) in [4.78, 5) is 40.0. The van der Waals surface area contributed by atoms with Crippen molar-refractivity contribution in [3.63, 3.8) is 0 Å². The predicted octanol–water partition coefficient (Wildman–Crippen LogP) is 4.41. The summed E-state index contributed by atoms with van der Waals surface area (Å²) >= 11 is 1.20. The number of rotatable bonds is 6. The van der Waals surface area contributed by atoms with Gasteiger partial charge in [0.15, 0.2) is 23.2 Å². The molecule has 1 unspecified atom stereocenters. The molecule has 8 nitrogen and oxygen atoms in total. The van der Waals surface area contributed by atoms with Crippen LogP contribution in [0, 0.1) is 12.3 Å². The van der Waals surface area contributed by atoms with Crippen molar-refractivity contribution in [1.82, 2.24) is 20.3 Å². The Morgan fingerprint density at radius 2 is 2.00 bits per heavy atom. The number of amides is 2. The molecule has 0 radical (unpaired) electrons. The minimum atomic E-state index is -0.978. The molecule has 4 rings (SSSR count). The van der Waals surface area contributed by atoms with E-state index >= 15 is 0 Å². The minimum Gasteiger partial charge on any atom is -0.444 e. The van der Waals surface area contributed by atoms with Crippen molar-refractivity contribution in [2.24, 2.45) is 0 Å². The maximum absolute atomic E-state index is 13.8. The molecule has 2 amide bonds. The van der Waals surface area contributed by atoms with Gasteiger partial charge in [0.05, 0.1) is 6.20 Å². The van der Waals surface area contributed by atoms with E-state index in [0.717, 1.165) is 5.56 Å². The molecule has 172 valence electrons. The highest BCUT2D eigenvalue weighted by atomic mass is 32.1. The molecule has 0 spiro atoms. The number of hydrogen-bond acceptors (Lipinski definition) is 6. The molecule has 0 aliphatic carbocycles. The summed E-state index contributed by atoms with van der Waals surface area (Å²) in [6, 6.07) is 9.68. The summed E-state index contributed by atoms with van der Waals surface area (Å²) in [6.45, 7) is 5.65. The number of H-pyrrole nitrogens is 1. The van der Waals surface area contributed by atoms with Gasteiger partial charge in [-0.15, -0.1) is 17.8 Å². The first-order valence-electron chi connectivity index (χ1n) is 10.5. The summed E-state index contributed by atoms with van der Waals surface area (Å²) in [5, 5.41) is 4.97. The van der Waals surface area contributed by atoms with Crippen molar-refractivity contribution in [2.75, 3.05) is 4.90 Å². The number of anilines is 1. The van der Waals surface area contributed by atoms with Crippen LogP contribution < -0.4 is 10.2 Å². The molecule has 2 N–H and O–H groups in total. The van der Waals surface area contributed by atoms with Gasteiger partial charge < -0.3 is 14.7 Å². The van der Waals surface area contributed by atoms with Crippen LogP contribution in [0.2, 0.25) is 0 Å². The molecule has 1 aromatic carbocycles. The van der Waals surface area contributed by atoms with Gasteiger partial charge in [0, 0.05) is 34.1 Å². The quantitative estimate of drug-likeness (QED) is 0.404. The Hall–Kier alpha value is -4.16. The van der Waals surface area contributed by atoms with Crippen molar-refractivity contribution in [3.05, 3.63) is 77.0 Å². The molecule has 0 bridgehead atoms. The molecule has 3 heterocycles. The van der Waals surface area contributed by atoms with Crippen LogP contribution in [0.4, 0.5) is 5.69 Å². The van der Waals surface area contributed by atoms with Crippen molar-refractivity contribution >= 4 is 28.8 Å². The number of aromatic nitrogens is 3. The Morgan fingerprint density at radius 3 is 2.56 bits per heavy atom. The van der Waals surface area contributed by atoms with Crippen LogP contribution in [0.3, 0.4) is 0 Å². The first-order valence-corrected chi connectivity index (χ1v) is 11.3. The third kappa shape index (κ3) is 4.92. The second-order valence-electron chi connectivity index (χ2n) is 8.54. The van der Waals surface area contributed by atoms with Gasteiger partial charge in [-0.05, 0) is 63.1 Å². The van der Waals surface area contributed by atoms with Gasteiger partial charge in [-0.25, -0.2) is 9.97 Å². The maximum atomic E-state index is 13.8. The number of oxazole rings is 1. The number of carbonyl (C=O) groups is 2. The number of hydrogen-bond donors (Lipinski definition) is 2. The molecule has 1 atom stereocenters. The van der Waals surface area contributed by atoms with Crippen molar-refractivity contribution in [1.29, 1.82) is 0 Å². The molecule has 34 heavy (non-hydrogen) atoms. The topological polar surface area (TPSA) is 104 Å². The number of thiazole rings is 1. The lowest BCUT2D eigenvalue weighted by Gasteiger charge is -2.32.